The van der Waals surface area contributed by atoms with Gasteiger partial charge in [-0.15, -0.1) is 11.8 Å². The standard InChI is InChI=1S/C38H28Cl2N4O4S2/c1-48-26-17-20-31-33(21-26)50-38(43-31)44-37(47)34(23-9-4-2-5-10-23)49-27-18-15-25(16-19-27)41-36(46)32(22-28-29(39)13-8-14-30(28)40)42-35(45)24-11-6-3-7-12-24/h2-22,34H,1H3,(H,41,46)(H,42,45)(H,43,44,47)/b32-22-. The average molecular weight is 740 g/mol. The lowest BCUT2D eigenvalue weighted by Crippen LogP contribution is -2.30. The van der Waals surface area contributed by atoms with Crippen molar-refractivity contribution >= 4 is 91.1 Å². The Morgan fingerprint density at radius 2 is 1.50 bits per heavy atom. The Hall–Kier alpha value is -5.13. The van der Waals surface area contributed by atoms with Gasteiger partial charge in [0.15, 0.2) is 5.13 Å². The number of nitrogens with zero attached hydrogens (tertiary/aromatic N) is 1. The number of rotatable bonds is 11. The number of thioether (sulfide) groups is 1. The maximum absolute atomic E-state index is 13.7. The number of carbonyl (C=O) groups excluding carboxylic acids is 3. The van der Waals surface area contributed by atoms with E-state index >= 15 is 0 Å². The van der Waals surface area contributed by atoms with Gasteiger partial charge in [0.25, 0.3) is 11.8 Å². The minimum absolute atomic E-state index is 0.0543. The molecule has 3 amide bonds. The summed E-state index contributed by atoms with van der Waals surface area (Å²) >= 11 is 15.5. The van der Waals surface area contributed by atoms with E-state index in [2.05, 4.69) is 20.9 Å². The highest BCUT2D eigenvalue weighted by molar-refractivity contribution is 8.00. The highest BCUT2D eigenvalue weighted by Crippen LogP contribution is 2.38. The molecule has 6 rings (SSSR count). The van der Waals surface area contributed by atoms with Crippen molar-refractivity contribution in [2.24, 2.45) is 0 Å². The van der Waals surface area contributed by atoms with E-state index in [1.807, 2.05) is 60.7 Å². The van der Waals surface area contributed by atoms with Gasteiger partial charge in [0.2, 0.25) is 5.91 Å². The number of hydrogen-bond acceptors (Lipinski definition) is 7. The molecule has 1 aromatic heterocycles. The number of ether oxygens (including phenoxy) is 1. The van der Waals surface area contributed by atoms with E-state index < -0.39 is 17.1 Å². The molecular weight excluding hydrogens is 711 g/mol. The summed E-state index contributed by atoms with van der Waals surface area (Å²) in [7, 11) is 1.60. The van der Waals surface area contributed by atoms with Crippen LogP contribution in [0.15, 0.2) is 132 Å². The van der Waals surface area contributed by atoms with Crippen LogP contribution >= 0.6 is 46.3 Å². The predicted molar refractivity (Wildman–Crippen MR) is 203 cm³/mol. The lowest BCUT2D eigenvalue weighted by atomic mass is 10.1. The number of nitrogens with one attached hydrogen (secondary N) is 3. The lowest BCUT2D eigenvalue weighted by molar-refractivity contribution is -0.116. The molecule has 0 fully saturated rings. The Bertz CT molecular complexity index is 2170. The molecule has 0 aliphatic carbocycles. The molecule has 0 radical (unpaired) electrons. The van der Waals surface area contributed by atoms with Crippen molar-refractivity contribution < 1.29 is 19.1 Å². The van der Waals surface area contributed by atoms with Crippen molar-refractivity contribution in [2.75, 3.05) is 17.7 Å². The van der Waals surface area contributed by atoms with Crippen molar-refractivity contribution in [3.8, 4) is 5.75 Å². The molecular formula is C38H28Cl2N4O4S2. The fourth-order valence-corrected chi connectivity index (χ4v) is 7.27. The number of amides is 3. The maximum Gasteiger partial charge on any atom is 0.272 e. The number of hydrogen-bond donors (Lipinski definition) is 3. The van der Waals surface area contributed by atoms with Crippen molar-refractivity contribution in [1.82, 2.24) is 10.3 Å². The molecule has 0 saturated carbocycles. The van der Waals surface area contributed by atoms with E-state index in [-0.39, 0.29) is 11.6 Å². The van der Waals surface area contributed by atoms with E-state index in [1.54, 1.807) is 67.8 Å². The molecule has 0 aliphatic rings. The van der Waals surface area contributed by atoms with Crippen LogP contribution in [0.2, 0.25) is 10.0 Å². The Labute approximate surface area is 306 Å². The molecule has 250 valence electrons. The second-order valence-corrected chi connectivity index (χ2v) is 13.8. The topological polar surface area (TPSA) is 109 Å². The van der Waals surface area contributed by atoms with Gasteiger partial charge in [-0.2, -0.15) is 0 Å². The first-order valence-electron chi connectivity index (χ1n) is 15.2. The number of carbonyl (C=O) groups is 3. The zero-order valence-electron chi connectivity index (χ0n) is 26.4. The minimum atomic E-state index is -0.596. The Kier molecular flexibility index (Phi) is 11.1. The van der Waals surface area contributed by atoms with Crippen LogP contribution in [0.5, 0.6) is 5.75 Å². The summed E-state index contributed by atoms with van der Waals surface area (Å²) in [6.07, 6.45) is 1.44. The largest absolute Gasteiger partial charge is 0.497 e. The van der Waals surface area contributed by atoms with Crippen molar-refractivity contribution in [3.63, 3.8) is 0 Å². The summed E-state index contributed by atoms with van der Waals surface area (Å²) in [5.74, 6) is -0.573. The number of methoxy groups -OCH3 is 1. The SMILES string of the molecule is COc1ccc2nc(NC(=O)C(Sc3ccc(NC(=O)/C(=C/c4c(Cl)cccc4Cl)NC(=O)c4ccccc4)cc3)c3ccccc3)sc2c1. The summed E-state index contributed by atoms with van der Waals surface area (Å²) < 4.78 is 6.21. The van der Waals surface area contributed by atoms with Crippen LogP contribution in [0.25, 0.3) is 16.3 Å². The third-order valence-electron chi connectivity index (χ3n) is 7.35. The third kappa shape index (κ3) is 8.53. The van der Waals surface area contributed by atoms with Gasteiger partial charge >= 0.3 is 0 Å². The zero-order valence-corrected chi connectivity index (χ0v) is 29.5. The van der Waals surface area contributed by atoms with Gasteiger partial charge in [-0.05, 0) is 78.4 Å². The first-order valence-corrected chi connectivity index (χ1v) is 17.6. The second-order valence-electron chi connectivity index (χ2n) is 10.7. The van der Waals surface area contributed by atoms with Gasteiger partial charge in [0, 0.05) is 31.8 Å². The molecule has 3 N–H and O–H groups in total. The Morgan fingerprint density at radius 1 is 0.820 bits per heavy atom. The number of thiazole rings is 1. The molecule has 1 heterocycles. The Balaban J connectivity index is 1.20. The molecule has 0 aliphatic heterocycles. The van der Waals surface area contributed by atoms with Gasteiger partial charge in [-0.1, -0.05) is 89.1 Å². The molecule has 5 aromatic carbocycles. The summed E-state index contributed by atoms with van der Waals surface area (Å²) in [5.41, 5.74) is 2.75. The molecule has 0 bridgehead atoms. The number of anilines is 2. The molecule has 1 atom stereocenters. The zero-order chi connectivity index (χ0) is 35.0. The predicted octanol–water partition coefficient (Wildman–Crippen LogP) is 9.49. The molecule has 50 heavy (non-hydrogen) atoms. The van der Waals surface area contributed by atoms with Crippen LogP contribution in [-0.4, -0.2) is 29.8 Å². The number of aromatic nitrogens is 1. The normalized spacial score (nSPS) is 11.9. The van der Waals surface area contributed by atoms with Gasteiger partial charge in [0.05, 0.1) is 17.3 Å². The molecule has 12 heteroatoms. The highest BCUT2D eigenvalue weighted by atomic mass is 35.5. The van der Waals surface area contributed by atoms with Gasteiger partial charge < -0.3 is 20.7 Å². The third-order valence-corrected chi connectivity index (χ3v) is 10.2. The number of fused-ring (bicyclic) bond motifs is 1. The van der Waals surface area contributed by atoms with E-state index in [1.165, 1.54) is 29.2 Å². The lowest BCUT2D eigenvalue weighted by Gasteiger charge is -2.17. The second kappa shape index (κ2) is 16.1. The smallest absolute Gasteiger partial charge is 0.272 e. The molecule has 0 saturated heterocycles. The van der Waals surface area contributed by atoms with Crippen molar-refractivity contribution in [2.45, 2.75) is 10.1 Å². The van der Waals surface area contributed by atoms with Crippen LogP contribution in [0.3, 0.4) is 0 Å². The van der Waals surface area contributed by atoms with Crippen molar-refractivity contribution in [1.29, 1.82) is 0 Å². The summed E-state index contributed by atoms with van der Waals surface area (Å²) in [6.45, 7) is 0. The van der Waals surface area contributed by atoms with Crippen LogP contribution in [-0.2, 0) is 9.59 Å². The van der Waals surface area contributed by atoms with E-state index in [0.717, 1.165) is 20.7 Å². The monoisotopic (exact) mass is 738 g/mol. The highest BCUT2D eigenvalue weighted by Gasteiger charge is 2.24. The first kappa shape index (κ1) is 34.7. The quantitative estimate of drug-likeness (QED) is 0.0903. The summed E-state index contributed by atoms with van der Waals surface area (Å²) in [5, 5.41) is 9.03. The maximum atomic E-state index is 13.7. The van der Waals surface area contributed by atoms with Gasteiger partial charge in [-0.3, -0.25) is 14.4 Å². The van der Waals surface area contributed by atoms with Crippen LogP contribution in [0.1, 0.15) is 26.7 Å². The fourth-order valence-electron chi connectivity index (χ4n) is 4.84. The number of benzene rings is 5. The minimum Gasteiger partial charge on any atom is -0.497 e. The molecule has 1 unspecified atom stereocenters. The summed E-state index contributed by atoms with van der Waals surface area (Å²) in [6, 6.07) is 35.6. The van der Waals surface area contributed by atoms with Crippen LogP contribution < -0.4 is 20.7 Å². The Morgan fingerprint density at radius 3 is 2.18 bits per heavy atom. The van der Waals surface area contributed by atoms with E-state index in [0.29, 0.717) is 37.7 Å². The number of halogens is 2. The van der Waals surface area contributed by atoms with Gasteiger partial charge in [-0.25, -0.2) is 4.98 Å². The van der Waals surface area contributed by atoms with Crippen LogP contribution in [0.4, 0.5) is 10.8 Å². The average Bonchev–Trinajstić information content (AvgIpc) is 3.54. The molecule has 6 aromatic rings. The molecule has 8 nitrogen and oxygen atoms in total. The fraction of sp³-hybridized carbons (Fsp3) is 0.0526. The summed E-state index contributed by atoms with van der Waals surface area (Å²) in [4.78, 5) is 45.7. The van der Waals surface area contributed by atoms with E-state index in [4.69, 9.17) is 27.9 Å². The van der Waals surface area contributed by atoms with Gasteiger partial charge in [0.1, 0.15) is 16.7 Å². The molecule has 0 spiro atoms. The first-order chi connectivity index (χ1) is 24.3. The van der Waals surface area contributed by atoms with E-state index in [9.17, 15) is 14.4 Å². The van der Waals surface area contributed by atoms with Crippen molar-refractivity contribution in [3.05, 3.63) is 154 Å². The van der Waals surface area contributed by atoms with Crippen LogP contribution in [0, 0.1) is 0 Å².